The first-order chi connectivity index (χ1) is 7.74. The number of carbonyl (C=O) groups excluding carboxylic acids is 1. The molecule has 1 N–H and O–H groups in total. The molecule has 2 rings (SSSR count). The summed E-state index contributed by atoms with van der Waals surface area (Å²) in [6.07, 6.45) is 3.59. The summed E-state index contributed by atoms with van der Waals surface area (Å²) in [5.74, 6) is -0.909. The Morgan fingerprint density at radius 1 is 1.44 bits per heavy atom. The lowest BCUT2D eigenvalue weighted by Gasteiger charge is -2.19. The highest BCUT2D eigenvalue weighted by Gasteiger charge is 2.26. The molecule has 0 aliphatic heterocycles. The van der Waals surface area contributed by atoms with Crippen LogP contribution in [0.5, 0.6) is 0 Å². The third-order valence-corrected chi connectivity index (χ3v) is 2.57. The van der Waals surface area contributed by atoms with Gasteiger partial charge < -0.3 is 10.1 Å². The number of nitrogens with one attached hydrogen (secondary N) is 1. The van der Waals surface area contributed by atoms with Gasteiger partial charge in [0.1, 0.15) is 5.92 Å². The summed E-state index contributed by atoms with van der Waals surface area (Å²) < 4.78 is 4.94. The molecule has 3 nitrogen and oxygen atoms in total. The predicted molar refractivity (Wildman–Crippen MR) is 62.4 cm³/mol. The van der Waals surface area contributed by atoms with Crippen molar-refractivity contribution in [3.8, 4) is 0 Å². The maximum atomic E-state index is 11.6. The van der Waals surface area contributed by atoms with Crippen molar-refractivity contribution < 1.29 is 9.53 Å². The third kappa shape index (κ3) is 1.76. The van der Waals surface area contributed by atoms with E-state index < -0.39 is 5.92 Å². The minimum Gasteiger partial charge on any atom is -0.465 e. The second kappa shape index (κ2) is 4.31. The first kappa shape index (κ1) is 10.6. The van der Waals surface area contributed by atoms with Gasteiger partial charge in [-0.05, 0) is 12.5 Å². The normalized spacial score (nSPS) is 18.1. The summed E-state index contributed by atoms with van der Waals surface area (Å²) in [5.41, 5.74) is 2.10. The van der Waals surface area contributed by atoms with E-state index in [1.165, 1.54) is 0 Å². The SMILES string of the molecule is CCOC(=O)C1C=Cc2ccccc2C1=N. The third-order valence-electron chi connectivity index (χ3n) is 2.57. The van der Waals surface area contributed by atoms with Crippen molar-refractivity contribution in [3.63, 3.8) is 0 Å². The standard InChI is InChI=1S/C13H13NO2/c1-2-16-13(15)11-8-7-9-5-3-4-6-10(9)12(11)14/h3-8,11,14H,2H2,1H3. The highest BCUT2D eigenvalue weighted by atomic mass is 16.5. The molecule has 0 fully saturated rings. The minimum atomic E-state index is -0.560. The van der Waals surface area contributed by atoms with E-state index in [2.05, 4.69) is 0 Å². The molecule has 1 aliphatic carbocycles. The monoisotopic (exact) mass is 215 g/mol. The molecule has 0 bridgehead atoms. The van der Waals surface area contributed by atoms with Crippen LogP contribution in [-0.4, -0.2) is 18.3 Å². The second-order valence-electron chi connectivity index (χ2n) is 3.59. The molecule has 1 unspecified atom stereocenters. The zero-order valence-electron chi connectivity index (χ0n) is 9.07. The highest BCUT2D eigenvalue weighted by Crippen LogP contribution is 2.23. The first-order valence-corrected chi connectivity index (χ1v) is 5.26. The van der Waals surface area contributed by atoms with E-state index in [0.29, 0.717) is 12.3 Å². The van der Waals surface area contributed by atoms with Crippen LogP contribution >= 0.6 is 0 Å². The van der Waals surface area contributed by atoms with E-state index in [1.807, 2.05) is 30.3 Å². The molecule has 0 amide bonds. The molecule has 1 aliphatic rings. The maximum Gasteiger partial charge on any atom is 0.318 e. The average molecular weight is 215 g/mol. The van der Waals surface area contributed by atoms with E-state index in [0.717, 1.165) is 11.1 Å². The molecule has 0 radical (unpaired) electrons. The van der Waals surface area contributed by atoms with Gasteiger partial charge in [0.2, 0.25) is 0 Å². The fraction of sp³-hybridized carbons (Fsp3) is 0.231. The van der Waals surface area contributed by atoms with Gasteiger partial charge in [-0.15, -0.1) is 0 Å². The predicted octanol–water partition coefficient (Wildman–Crippen LogP) is 2.26. The molecule has 1 aromatic carbocycles. The van der Waals surface area contributed by atoms with Gasteiger partial charge in [-0.25, -0.2) is 0 Å². The van der Waals surface area contributed by atoms with Gasteiger partial charge in [0, 0.05) is 5.56 Å². The van der Waals surface area contributed by atoms with Crippen LogP contribution in [0.2, 0.25) is 0 Å². The van der Waals surface area contributed by atoms with E-state index in [-0.39, 0.29) is 5.97 Å². The Morgan fingerprint density at radius 2 is 2.19 bits per heavy atom. The second-order valence-corrected chi connectivity index (χ2v) is 3.59. The molecule has 1 aromatic rings. The highest BCUT2D eigenvalue weighted by molar-refractivity contribution is 6.15. The lowest BCUT2D eigenvalue weighted by atomic mass is 9.88. The van der Waals surface area contributed by atoms with Crippen LogP contribution in [-0.2, 0) is 9.53 Å². The van der Waals surface area contributed by atoms with Gasteiger partial charge in [0.15, 0.2) is 0 Å². The fourth-order valence-electron chi connectivity index (χ4n) is 1.78. The number of hydrogen-bond acceptors (Lipinski definition) is 3. The van der Waals surface area contributed by atoms with Crippen molar-refractivity contribution in [1.82, 2.24) is 0 Å². The largest absolute Gasteiger partial charge is 0.465 e. The molecule has 0 heterocycles. The van der Waals surface area contributed by atoms with Gasteiger partial charge in [-0.1, -0.05) is 36.4 Å². The Balaban J connectivity index is 2.31. The smallest absolute Gasteiger partial charge is 0.318 e. The molecule has 1 atom stereocenters. The van der Waals surface area contributed by atoms with Gasteiger partial charge in [0.25, 0.3) is 0 Å². The van der Waals surface area contributed by atoms with E-state index in [1.54, 1.807) is 13.0 Å². The molecular formula is C13H13NO2. The molecule has 0 spiro atoms. The van der Waals surface area contributed by atoms with Crippen molar-refractivity contribution in [2.24, 2.45) is 5.92 Å². The van der Waals surface area contributed by atoms with Gasteiger partial charge in [-0.3, -0.25) is 4.79 Å². The molecule has 82 valence electrons. The van der Waals surface area contributed by atoms with Crippen molar-refractivity contribution >= 4 is 17.8 Å². The molecule has 3 heteroatoms. The Bertz CT molecular complexity index is 463. The van der Waals surface area contributed by atoms with Crippen LogP contribution in [0.1, 0.15) is 18.1 Å². The summed E-state index contributed by atoms with van der Waals surface area (Å²) in [6, 6.07) is 7.57. The molecule has 16 heavy (non-hydrogen) atoms. The lowest BCUT2D eigenvalue weighted by Crippen LogP contribution is -2.27. The minimum absolute atomic E-state index is 0.316. The number of hydrogen-bond donors (Lipinski definition) is 1. The van der Waals surface area contributed by atoms with Crippen LogP contribution in [0, 0.1) is 11.3 Å². The van der Waals surface area contributed by atoms with Crippen molar-refractivity contribution in [1.29, 1.82) is 5.41 Å². The summed E-state index contributed by atoms with van der Waals surface area (Å²) in [6.45, 7) is 2.11. The van der Waals surface area contributed by atoms with Crippen LogP contribution in [0.15, 0.2) is 30.3 Å². The number of carbonyl (C=O) groups is 1. The molecule has 0 saturated heterocycles. The molecule has 0 aromatic heterocycles. The van der Waals surface area contributed by atoms with Crippen LogP contribution in [0.4, 0.5) is 0 Å². The van der Waals surface area contributed by atoms with Crippen molar-refractivity contribution in [2.45, 2.75) is 6.92 Å². The zero-order valence-corrected chi connectivity index (χ0v) is 9.07. The van der Waals surface area contributed by atoms with Gasteiger partial charge >= 0.3 is 5.97 Å². The summed E-state index contributed by atoms with van der Waals surface area (Å²) in [7, 11) is 0. The van der Waals surface area contributed by atoms with Crippen molar-refractivity contribution in [2.75, 3.05) is 6.61 Å². The van der Waals surface area contributed by atoms with Crippen LogP contribution < -0.4 is 0 Å². The van der Waals surface area contributed by atoms with Gasteiger partial charge in [0.05, 0.1) is 12.3 Å². The molecular weight excluding hydrogens is 202 g/mol. The summed E-state index contributed by atoms with van der Waals surface area (Å²) in [4.78, 5) is 11.6. The molecule has 0 saturated carbocycles. The summed E-state index contributed by atoms with van der Waals surface area (Å²) >= 11 is 0. The van der Waals surface area contributed by atoms with Gasteiger partial charge in [-0.2, -0.15) is 0 Å². The van der Waals surface area contributed by atoms with E-state index >= 15 is 0 Å². The number of ether oxygens (including phenoxy) is 1. The van der Waals surface area contributed by atoms with Crippen molar-refractivity contribution in [3.05, 3.63) is 41.5 Å². The van der Waals surface area contributed by atoms with Crippen LogP contribution in [0.25, 0.3) is 6.08 Å². The lowest BCUT2D eigenvalue weighted by molar-refractivity contribution is -0.144. The van der Waals surface area contributed by atoms with E-state index in [9.17, 15) is 4.79 Å². The average Bonchev–Trinajstić information content (AvgIpc) is 2.30. The number of esters is 1. The first-order valence-electron chi connectivity index (χ1n) is 5.26. The number of rotatable bonds is 2. The Kier molecular flexibility index (Phi) is 2.86. The number of fused-ring (bicyclic) bond motifs is 1. The Hall–Kier alpha value is -1.90. The quantitative estimate of drug-likeness (QED) is 0.769. The fourth-order valence-corrected chi connectivity index (χ4v) is 1.78. The van der Waals surface area contributed by atoms with E-state index in [4.69, 9.17) is 10.1 Å². The van der Waals surface area contributed by atoms with Crippen LogP contribution in [0.3, 0.4) is 0 Å². The topological polar surface area (TPSA) is 50.2 Å². The zero-order chi connectivity index (χ0) is 11.5. The Morgan fingerprint density at radius 3 is 2.94 bits per heavy atom. The number of benzene rings is 1. The Labute approximate surface area is 94.3 Å². The maximum absolute atomic E-state index is 11.6. The summed E-state index contributed by atoms with van der Waals surface area (Å²) in [5, 5.41) is 7.98.